The molecule has 32 heavy (non-hydrogen) atoms. The minimum absolute atomic E-state index is 0. The monoisotopic (exact) mass is 577 g/mol. The van der Waals surface area contributed by atoms with Crippen LogP contribution in [0.2, 0.25) is 0 Å². The first-order valence-electron chi connectivity index (χ1n) is 10.7. The summed E-state index contributed by atoms with van der Waals surface area (Å²) >= 11 is 0. The molecule has 0 fully saturated rings. The number of hydrogen-bond donors (Lipinski definition) is 3. The number of nitrogens with one attached hydrogen (secondary N) is 3. The molecule has 0 saturated heterocycles. The Labute approximate surface area is 209 Å². The van der Waals surface area contributed by atoms with Crippen molar-refractivity contribution in [3.05, 3.63) is 52.9 Å². The van der Waals surface area contributed by atoms with E-state index in [0.717, 1.165) is 35.4 Å². The smallest absolute Gasteiger partial charge is 0.216 e. The summed E-state index contributed by atoms with van der Waals surface area (Å²) in [6.07, 6.45) is 2.06. The lowest BCUT2D eigenvalue weighted by Crippen LogP contribution is -2.36. The summed E-state index contributed by atoms with van der Waals surface area (Å²) in [5.74, 6) is 1.69. The average molecular weight is 578 g/mol. The molecule has 1 aromatic heterocycles. The lowest BCUT2D eigenvalue weighted by atomic mass is 9.99. The molecule has 0 radical (unpaired) electrons. The van der Waals surface area contributed by atoms with E-state index in [-0.39, 0.29) is 35.8 Å². The van der Waals surface area contributed by atoms with Crippen LogP contribution in [0.3, 0.4) is 0 Å². The highest BCUT2D eigenvalue weighted by Gasteiger charge is 2.16. The molecule has 10 heteroatoms. The van der Waals surface area contributed by atoms with Crippen molar-refractivity contribution >= 4 is 40.0 Å². The van der Waals surface area contributed by atoms with Gasteiger partial charge < -0.3 is 15.2 Å². The lowest BCUT2D eigenvalue weighted by Gasteiger charge is -2.15. The van der Waals surface area contributed by atoms with Crippen molar-refractivity contribution in [2.24, 2.45) is 4.99 Å². The molecule has 180 valence electrons. The molecule has 2 rings (SSSR count). The second kappa shape index (κ2) is 13.8. The van der Waals surface area contributed by atoms with Gasteiger partial charge in [0.15, 0.2) is 11.7 Å². The highest BCUT2D eigenvalue weighted by atomic mass is 127. The normalized spacial score (nSPS) is 12.2. The second-order valence-electron chi connectivity index (χ2n) is 7.81. The molecule has 0 aliphatic carbocycles. The number of benzene rings is 1. The predicted molar refractivity (Wildman–Crippen MR) is 140 cm³/mol. The largest absolute Gasteiger partial charge is 0.359 e. The molecule has 1 aromatic carbocycles. The SMILES string of the molecule is CCC(CC)c1cc(CNC(=NC)NCc2ccccc2CS(=O)(=O)NC(C)C)on1.I. The van der Waals surface area contributed by atoms with Crippen molar-refractivity contribution in [2.45, 2.75) is 71.3 Å². The maximum atomic E-state index is 12.3. The summed E-state index contributed by atoms with van der Waals surface area (Å²) in [4.78, 5) is 4.24. The van der Waals surface area contributed by atoms with Crippen LogP contribution in [0.5, 0.6) is 0 Å². The highest BCUT2D eigenvalue weighted by Crippen LogP contribution is 2.22. The van der Waals surface area contributed by atoms with Gasteiger partial charge in [-0.2, -0.15) is 0 Å². The third kappa shape index (κ3) is 9.07. The molecule has 0 aliphatic heterocycles. The third-order valence-electron chi connectivity index (χ3n) is 4.96. The summed E-state index contributed by atoms with van der Waals surface area (Å²) in [5.41, 5.74) is 2.63. The molecule has 0 atom stereocenters. The van der Waals surface area contributed by atoms with Gasteiger partial charge in [-0.1, -0.05) is 43.3 Å². The van der Waals surface area contributed by atoms with E-state index in [9.17, 15) is 8.42 Å². The summed E-state index contributed by atoms with van der Waals surface area (Å²) in [6.45, 7) is 8.82. The fraction of sp³-hybridized carbons (Fsp3) is 0.545. The Bertz CT molecular complexity index is 956. The number of nitrogens with zero attached hydrogens (tertiary/aromatic N) is 2. The van der Waals surface area contributed by atoms with Crippen LogP contribution in [0.1, 0.15) is 69.0 Å². The molecule has 0 bridgehead atoms. The van der Waals surface area contributed by atoms with Gasteiger partial charge in [-0.25, -0.2) is 13.1 Å². The minimum Gasteiger partial charge on any atom is -0.359 e. The van der Waals surface area contributed by atoms with Crippen LogP contribution >= 0.6 is 24.0 Å². The van der Waals surface area contributed by atoms with E-state index in [0.29, 0.717) is 25.0 Å². The third-order valence-corrected chi connectivity index (χ3v) is 6.48. The molecule has 2 aromatic rings. The first kappa shape index (κ1) is 28.4. The number of aliphatic imine (C=N–C) groups is 1. The summed E-state index contributed by atoms with van der Waals surface area (Å²) < 4.78 is 32.7. The van der Waals surface area contributed by atoms with Crippen LogP contribution in [0.4, 0.5) is 0 Å². The zero-order chi connectivity index (χ0) is 22.9. The van der Waals surface area contributed by atoms with E-state index in [1.54, 1.807) is 7.05 Å². The summed E-state index contributed by atoms with van der Waals surface area (Å²) in [7, 11) is -1.71. The quantitative estimate of drug-likeness (QED) is 0.213. The minimum atomic E-state index is -3.40. The molecule has 8 nitrogen and oxygen atoms in total. The Morgan fingerprint density at radius 2 is 1.72 bits per heavy atom. The molecular weight excluding hydrogens is 541 g/mol. The van der Waals surface area contributed by atoms with E-state index in [1.165, 1.54) is 0 Å². The van der Waals surface area contributed by atoms with E-state index in [1.807, 2.05) is 44.2 Å². The van der Waals surface area contributed by atoms with Gasteiger partial charge in [0.05, 0.1) is 18.0 Å². The van der Waals surface area contributed by atoms with Crippen molar-refractivity contribution in [3.63, 3.8) is 0 Å². The van der Waals surface area contributed by atoms with Gasteiger partial charge >= 0.3 is 0 Å². The van der Waals surface area contributed by atoms with Crippen LogP contribution in [-0.4, -0.2) is 32.6 Å². The topological polar surface area (TPSA) is 109 Å². The predicted octanol–water partition coefficient (Wildman–Crippen LogP) is 3.89. The van der Waals surface area contributed by atoms with Gasteiger partial charge in [-0.15, -0.1) is 24.0 Å². The number of guanidine groups is 1. The van der Waals surface area contributed by atoms with Crippen LogP contribution in [-0.2, 0) is 28.9 Å². The second-order valence-corrected chi connectivity index (χ2v) is 9.57. The molecular formula is C22H36IN5O3S. The van der Waals surface area contributed by atoms with Gasteiger partial charge in [0.2, 0.25) is 10.0 Å². The molecule has 0 spiro atoms. The van der Waals surface area contributed by atoms with Gasteiger partial charge in [-0.3, -0.25) is 4.99 Å². The van der Waals surface area contributed by atoms with Crippen molar-refractivity contribution in [1.82, 2.24) is 20.5 Å². The van der Waals surface area contributed by atoms with Crippen LogP contribution in [0.25, 0.3) is 0 Å². The Morgan fingerprint density at radius 1 is 1.09 bits per heavy atom. The van der Waals surface area contributed by atoms with Crippen LogP contribution < -0.4 is 15.4 Å². The van der Waals surface area contributed by atoms with E-state index in [4.69, 9.17) is 4.52 Å². The number of sulfonamides is 1. The fourth-order valence-electron chi connectivity index (χ4n) is 3.36. The van der Waals surface area contributed by atoms with Crippen molar-refractivity contribution in [1.29, 1.82) is 0 Å². The number of rotatable bonds is 11. The Kier molecular flexibility index (Phi) is 12.2. The van der Waals surface area contributed by atoms with Crippen LogP contribution in [0, 0.1) is 0 Å². The maximum Gasteiger partial charge on any atom is 0.216 e. The zero-order valence-electron chi connectivity index (χ0n) is 19.5. The highest BCUT2D eigenvalue weighted by molar-refractivity contribution is 14.0. The summed E-state index contributed by atoms with van der Waals surface area (Å²) in [5, 5.41) is 10.6. The Balaban J connectivity index is 0.00000512. The number of aromatic nitrogens is 1. The lowest BCUT2D eigenvalue weighted by molar-refractivity contribution is 0.368. The van der Waals surface area contributed by atoms with E-state index >= 15 is 0 Å². The van der Waals surface area contributed by atoms with Crippen molar-refractivity contribution < 1.29 is 12.9 Å². The molecule has 0 aliphatic rings. The van der Waals surface area contributed by atoms with Crippen LogP contribution in [0.15, 0.2) is 39.8 Å². The van der Waals surface area contributed by atoms with E-state index < -0.39 is 10.0 Å². The molecule has 3 N–H and O–H groups in total. The summed E-state index contributed by atoms with van der Waals surface area (Å²) in [6, 6.07) is 9.34. The molecule has 0 amide bonds. The van der Waals surface area contributed by atoms with Gasteiger partial charge in [0.25, 0.3) is 0 Å². The zero-order valence-corrected chi connectivity index (χ0v) is 22.7. The maximum absolute atomic E-state index is 12.3. The Hall–Kier alpha value is -1.66. The number of hydrogen-bond acceptors (Lipinski definition) is 5. The number of halogens is 1. The molecule has 0 unspecified atom stereocenters. The van der Waals surface area contributed by atoms with Gasteiger partial charge in [-0.05, 0) is 37.8 Å². The van der Waals surface area contributed by atoms with E-state index in [2.05, 4.69) is 39.4 Å². The average Bonchev–Trinajstić information content (AvgIpc) is 3.17. The first-order valence-corrected chi connectivity index (χ1v) is 12.4. The van der Waals surface area contributed by atoms with Gasteiger partial charge in [0, 0.05) is 31.6 Å². The Morgan fingerprint density at radius 3 is 2.31 bits per heavy atom. The van der Waals surface area contributed by atoms with Crippen molar-refractivity contribution in [3.8, 4) is 0 Å². The standard InChI is InChI=1S/C22H35N5O3S.HI/c1-6-17(7-2)21-12-20(30-26-21)14-25-22(23-5)24-13-18-10-8-9-11-19(18)15-31(28,29)27-16(3)4;/h8-12,16-17,27H,6-7,13-15H2,1-5H3,(H2,23,24,25);1H. The fourth-order valence-corrected chi connectivity index (χ4v) is 4.85. The van der Waals surface area contributed by atoms with Gasteiger partial charge in [0.1, 0.15) is 0 Å². The first-order chi connectivity index (χ1) is 14.8. The molecule has 0 saturated carbocycles. The van der Waals surface area contributed by atoms with Crippen molar-refractivity contribution in [2.75, 3.05) is 7.05 Å². The molecule has 1 heterocycles.